The van der Waals surface area contributed by atoms with Crippen molar-refractivity contribution in [1.29, 1.82) is 0 Å². The summed E-state index contributed by atoms with van der Waals surface area (Å²) in [4.78, 5) is 33.8. The Morgan fingerprint density at radius 3 is 2.69 bits per heavy atom. The highest BCUT2D eigenvalue weighted by atomic mass is 32.2. The van der Waals surface area contributed by atoms with Gasteiger partial charge in [-0.3, -0.25) is 23.9 Å². The molecule has 1 unspecified atom stereocenters. The predicted molar refractivity (Wildman–Crippen MR) is 123 cm³/mol. The fraction of sp³-hybridized carbons (Fsp3) is 0.400. The van der Waals surface area contributed by atoms with Crippen molar-refractivity contribution in [2.24, 2.45) is 0 Å². The lowest BCUT2D eigenvalue weighted by Gasteiger charge is -2.35. The molecule has 15 heteroatoms. The molecule has 0 saturated carbocycles. The molecule has 0 bridgehead atoms. The van der Waals surface area contributed by atoms with Gasteiger partial charge in [0.25, 0.3) is 21.8 Å². The summed E-state index contributed by atoms with van der Waals surface area (Å²) in [7, 11) is -2.93. The molecular weight excluding hydrogens is 484 g/mol. The van der Waals surface area contributed by atoms with Crippen molar-refractivity contribution in [1.82, 2.24) is 20.4 Å². The molecule has 1 atom stereocenters. The molecule has 3 amide bonds. The minimum Gasteiger partial charge on any atom is -0.484 e. The molecule has 2 aromatic rings. The number of carbonyl (C=O) groups is 3. The zero-order valence-electron chi connectivity index (χ0n) is 19.3. The van der Waals surface area contributed by atoms with Crippen molar-refractivity contribution in [2.75, 3.05) is 36.4 Å². The Kier molecular flexibility index (Phi) is 7.68. The van der Waals surface area contributed by atoms with Gasteiger partial charge in [0.05, 0.1) is 18.8 Å². The van der Waals surface area contributed by atoms with E-state index in [2.05, 4.69) is 21.0 Å². The number of carbonyl (C=O) groups excluding carboxylic acids is 2. The van der Waals surface area contributed by atoms with Crippen LogP contribution in [0.2, 0.25) is 0 Å². The lowest BCUT2D eigenvalue weighted by atomic mass is 10.2. The SMILES string of the molecule is CCn1cc(S(=O)(=O)N2CC(CNC(C)=O)Oc3ccc(NC(=O)O)cc32)c(OCC(=O)NC)n1. The molecule has 1 aromatic heterocycles. The summed E-state index contributed by atoms with van der Waals surface area (Å²) >= 11 is 0. The van der Waals surface area contributed by atoms with Crippen LogP contribution in [0.4, 0.5) is 16.2 Å². The summed E-state index contributed by atoms with van der Waals surface area (Å²) in [6, 6.07) is 4.18. The number of amides is 3. The van der Waals surface area contributed by atoms with Crippen LogP contribution in [0.15, 0.2) is 29.3 Å². The maximum absolute atomic E-state index is 13.8. The molecule has 0 aliphatic carbocycles. The number of benzene rings is 1. The van der Waals surface area contributed by atoms with Crippen molar-refractivity contribution >= 4 is 39.3 Å². The van der Waals surface area contributed by atoms with E-state index in [1.807, 2.05) is 0 Å². The number of nitrogens with zero attached hydrogens (tertiary/aromatic N) is 3. The van der Waals surface area contributed by atoms with Crippen LogP contribution in [0, 0.1) is 0 Å². The van der Waals surface area contributed by atoms with Crippen molar-refractivity contribution < 1.29 is 37.4 Å². The van der Waals surface area contributed by atoms with Crippen LogP contribution in [0.3, 0.4) is 0 Å². The molecule has 1 aromatic carbocycles. The van der Waals surface area contributed by atoms with Gasteiger partial charge in [0.1, 0.15) is 11.9 Å². The topological polar surface area (TPSA) is 181 Å². The van der Waals surface area contributed by atoms with E-state index in [9.17, 15) is 22.8 Å². The molecule has 0 spiro atoms. The second kappa shape index (κ2) is 10.5. The number of aromatic nitrogens is 2. The molecule has 4 N–H and O–H groups in total. The number of fused-ring (bicyclic) bond motifs is 1. The number of aryl methyl sites for hydroxylation is 1. The maximum Gasteiger partial charge on any atom is 0.409 e. The van der Waals surface area contributed by atoms with Crippen LogP contribution >= 0.6 is 0 Å². The second-order valence-electron chi connectivity index (χ2n) is 7.44. The summed E-state index contributed by atoms with van der Waals surface area (Å²) in [5.41, 5.74) is 0.206. The first-order chi connectivity index (χ1) is 16.5. The Hall–Kier alpha value is -4.01. The van der Waals surface area contributed by atoms with E-state index in [0.29, 0.717) is 6.54 Å². The van der Waals surface area contributed by atoms with Gasteiger partial charge in [-0.15, -0.1) is 5.10 Å². The number of hydrogen-bond donors (Lipinski definition) is 4. The lowest BCUT2D eigenvalue weighted by Crippen LogP contribution is -2.48. The summed E-state index contributed by atoms with van der Waals surface area (Å²) in [5, 5.41) is 20.3. The largest absolute Gasteiger partial charge is 0.484 e. The molecule has 0 saturated heterocycles. The third-order valence-electron chi connectivity index (χ3n) is 4.93. The number of anilines is 2. The van der Waals surface area contributed by atoms with Crippen LogP contribution < -0.4 is 29.7 Å². The van der Waals surface area contributed by atoms with Gasteiger partial charge in [0, 0.05) is 32.4 Å². The molecule has 190 valence electrons. The minimum atomic E-state index is -4.34. The number of ether oxygens (including phenoxy) is 2. The van der Waals surface area contributed by atoms with Gasteiger partial charge in [0.15, 0.2) is 11.5 Å². The maximum atomic E-state index is 13.8. The van der Waals surface area contributed by atoms with E-state index in [4.69, 9.17) is 14.6 Å². The molecule has 0 fully saturated rings. The monoisotopic (exact) mass is 510 g/mol. The third-order valence-corrected chi connectivity index (χ3v) is 6.69. The van der Waals surface area contributed by atoms with Crippen molar-refractivity contribution in [3.8, 4) is 11.6 Å². The van der Waals surface area contributed by atoms with Crippen LogP contribution in [-0.2, 0) is 26.2 Å². The average Bonchev–Trinajstić information content (AvgIpc) is 3.24. The highest BCUT2D eigenvalue weighted by Crippen LogP contribution is 2.40. The Balaban J connectivity index is 2.06. The fourth-order valence-electron chi connectivity index (χ4n) is 3.25. The fourth-order valence-corrected chi connectivity index (χ4v) is 4.83. The third kappa shape index (κ3) is 5.92. The van der Waals surface area contributed by atoms with Crippen molar-refractivity contribution in [3.63, 3.8) is 0 Å². The van der Waals surface area contributed by atoms with Crippen LogP contribution in [-0.4, -0.2) is 74.1 Å². The van der Waals surface area contributed by atoms with Gasteiger partial charge in [-0.1, -0.05) is 0 Å². The molecule has 1 aliphatic heterocycles. The molecule has 2 heterocycles. The number of sulfonamides is 1. The quantitative estimate of drug-likeness (QED) is 0.366. The van der Waals surface area contributed by atoms with E-state index in [-0.39, 0.29) is 46.9 Å². The standard InChI is InChI=1S/C20H26N6O8S/c1-4-25-10-17(19(24-25)33-11-18(28)21-3)35(31,32)26-9-14(8-22-12(2)27)34-16-6-5-13(7-15(16)26)23-20(29)30/h5-7,10,14,23H,4,8-9,11H2,1-3H3,(H,21,28)(H,22,27)(H,29,30). The Labute approximate surface area is 201 Å². The highest BCUT2D eigenvalue weighted by Gasteiger charge is 2.38. The molecule has 35 heavy (non-hydrogen) atoms. The first kappa shape index (κ1) is 25.6. The van der Waals surface area contributed by atoms with Gasteiger partial charge < -0.3 is 25.2 Å². The number of carboxylic acid groups (broad SMARTS) is 1. The zero-order valence-corrected chi connectivity index (χ0v) is 20.1. The Morgan fingerprint density at radius 1 is 1.31 bits per heavy atom. The normalized spacial score (nSPS) is 14.9. The van der Waals surface area contributed by atoms with Gasteiger partial charge in [-0.25, -0.2) is 13.2 Å². The summed E-state index contributed by atoms with van der Waals surface area (Å²) in [6.07, 6.45) is -0.782. The van der Waals surface area contributed by atoms with Gasteiger partial charge in [0.2, 0.25) is 5.91 Å². The molecular formula is C20H26N6O8S. The summed E-state index contributed by atoms with van der Waals surface area (Å²) < 4.78 is 41.3. The Morgan fingerprint density at radius 2 is 2.06 bits per heavy atom. The number of hydrogen-bond acceptors (Lipinski definition) is 8. The average molecular weight is 511 g/mol. The predicted octanol–water partition coefficient (Wildman–Crippen LogP) is 0.210. The summed E-state index contributed by atoms with van der Waals surface area (Å²) in [6.45, 7) is 2.80. The molecule has 1 aliphatic rings. The van der Waals surface area contributed by atoms with E-state index >= 15 is 0 Å². The van der Waals surface area contributed by atoms with E-state index in [0.717, 1.165) is 4.31 Å². The Bertz CT molecular complexity index is 1230. The van der Waals surface area contributed by atoms with E-state index in [1.165, 1.54) is 43.0 Å². The smallest absolute Gasteiger partial charge is 0.409 e. The molecule has 0 radical (unpaired) electrons. The minimum absolute atomic E-state index is 0.0319. The van der Waals surface area contributed by atoms with Gasteiger partial charge in [-0.2, -0.15) is 0 Å². The van der Waals surface area contributed by atoms with Gasteiger partial charge >= 0.3 is 6.09 Å². The number of nitrogens with one attached hydrogen (secondary N) is 3. The van der Waals surface area contributed by atoms with Crippen molar-refractivity contribution in [3.05, 3.63) is 24.4 Å². The first-order valence-electron chi connectivity index (χ1n) is 10.5. The van der Waals surface area contributed by atoms with Gasteiger partial charge in [-0.05, 0) is 25.1 Å². The van der Waals surface area contributed by atoms with Crippen molar-refractivity contribution in [2.45, 2.75) is 31.4 Å². The van der Waals surface area contributed by atoms with E-state index in [1.54, 1.807) is 6.92 Å². The second-order valence-corrected chi connectivity index (χ2v) is 9.27. The zero-order chi connectivity index (χ0) is 25.8. The van der Waals surface area contributed by atoms with Crippen LogP contribution in [0.25, 0.3) is 0 Å². The molecule has 14 nitrogen and oxygen atoms in total. The number of likely N-dealkylation sites (N-methyl/N-ethyl adjacent to an activating group) is 1. The van der Waals surface area contributed by atoms with Crippen LogP contribution in [0.5, 0.6) is 11.6 Å². The lowest BCUT2D eigenvalue weighted by molar-refractivity contribution is -0.122. The van der Waals surface area contributed by atoms with E-state index < -0.39 is 34.7 Å². The molecule has 3 rings (SSSR count). The summed E-state index contributed by atoms with van der Waals surface area (Å²) in [5.74, 6) is -0.886. The number of rotatable bonds is 9. The first-order valence-corrected chi connectivity index (χ1v) is 12.0. The van der Waals surface area contributed by atoms with Crippen LogP contribution in [0.1, 0.15) is 13.8 Å². The highest BCUT2D eigenvalue weighted by molar-refractivity contribution is 7.93.